The van der Waals surface area contributed by atoms with Crippen LogP contribution < -0.4 is 10.2 Å². The van der Waals surface area contributed by atoms with Gasteiger partial charge in [0.05, 0.1) is 0 Å². The average molecular weight is 388 g/mol. The maximum atomic E-state index is 13.4. The van der Waals surface area contributed by atoms with Gasteiger partial charge in [-0.15, -0.1) is 0 Å². The highest BCUT2D eigenvalue weighted by Crippen LogP contribution is 2.29. The van der Waals surface area contributed by atoms with Crippen molar-refractivity contribution in [2.45, 2.75) is 70.4 Å². The summed E-state index contributed by atoms with van der Waals surface area (Å²) in [6, 6.07) is 6.26. The molecule has 28 heavy (non-hydrogen) atoms. The molecule has 2 heterocycles. The van der Waals surface area contributed by atoms with Crippen LogP contribution in [0.4, 0.5) is 10.1 Å². The molecule has 4 rings (SSSR count). The number of hydrogen-bond acceptors (Lipinski definition) is 3. The summed E-state index contributed by atoms with van der Waals surface area (Å²) in [5.74, 6) is 0.764. The van der Waals surface area contributed by atoms with Gasteiger partial charge in [0.25, 0.3) is 0 Å². The first kappa shape index (κ1) is 19.7. The fourth-order valence-corrected chi connectivity index (χ4v) is 4.97. The molecule has 1 aliphatic carbocycles. The highest BCUT2D eigenvalue weighted by molar-refractivity contribution is 5.76. The molecule has 4 nitrogen and oxygen atoms in total. The van der Waals surface area contributed by atoms with Crippen LogP contribution >= 0.6 is 0 Å². The first-order chi connectivity index (χ1) is 13.6. The van der Waals surface area contributed by atoms with Crippen LogP contribution in [0.1, 0.15) is 56.9 Å². The van der Waals surface area contributed by atoms with E-state index in [0.29, 0.717) is 24.4 Å². The zero-order valence-corrected chi connectivity index (χ0v) is 17.1. The number of halogens is 1. The molecule has 1 aromatic rings. The van der Waals surface area contributed by atoms with Crippen LogP contribution in [0.5, 0.6) is 0 Å². The SMILES string of the molecule is Cc1cc(F)ccc1N1CCC(N2CCC[C@@H](CCC(=O)NC3CC3)C2)CC1. The third kappa shape index (κ3) is 5.05. The van der Waals surface area contributed by atoms with Crippen LogP contribution in [0.25, 0.3) is 0 Å². The lowest BCUT2D eigenvalue weighted by Gasteiger charge is -2.43. The van der Waals surface area contributed by atoms with E-state index in [2.05, 4.69) is 15.1 Å². The summed E-state index contributed by atoms with van der Waals surface area (Å²) < 4.78 is 13.4. The van der Waals surface area contributed by atoms with Crippen LogP contribution in [0.3, 0.4) is 0 Å². The molecule has 0 bridgehead atoms. The van der Waals surface area contributed by atoms with E-state index >= 15 is 0 Å². The van der Waals surface area contributed by atoms with Crippen LogP contribution in [-0.2, 0) is 4.79 Å². The van der Waals surface area contributed by atoms with E-state index in [1.807, 2.05) is 13.0 Å². The smallest absolute Gasteiger partial charge is 0.220 e. The molecule has 2 saturated heterocycles. The number of anilines is 1. The number of likely N-dealkylation sites (tertiary alicyclic amines) is 1. The zero-order chi connectivity index (χ0) is 19.5. The Bertz CT molecular complexity index is 682. The number of carbonyl (C=O) groups excluding carboxylic acids is 1. The predicted molar refractivity (Wildman–Crippen MR) is 111 cm³/mol. The minimum atomic E-state index is -0.152. The van der Waals surface area contributed by atoms with Gasteiger partial charge in [-0.2, -0.15) is 0 Å². The lowest BCUT2D eigenvalue weighted by atomic mass is 9.90. The highest BCUT2D eigenvalue weighted by atomic mass is 19.1. The van der Waals surface area contributed by atoms with Crippen molar-refractivity contribution in [3.8, 4) is 0 Å². The lowest BCUT2D eigenvalue weighted by molar-refractivity contribution is -0.121. The van der Waals surface area contributed by atoms with Gasteiger partial charge in [0, 0.05) is 43.8 Å². The summed E-state index contributed by atoms with van der Waals surface area (Å²) in [5.41, 5.74) is 2.21. The number of amides is 1. The van der Waals surface area contributed by atoms with Gasteiger partial charge in [-0.05, 0) is 88.1 Å². The minimum Gasteiger partial charge on any atom is -0.371 e. The summed E-state index contributed by atoms with van der Waals surface area (Å²) in [4.78, 5) is 17.1. The monoisotopic (exact) mass is 387 g/mol. The second-order valence-electron chi connectivity index (χ2n) is 9.03. The Morgan fingerprint density at radius 3 is 2.64 bits per heavy atom. The van der Waals surface area contributed by atoms with Gasteiger partial charge >= 0.3 is 0 Å². The summed E-state index contributed by atoms with van der Waals surface area (Å²) in [6.45, 7) is 6.44. The molecule has 1 saturated carbocycles. The number of aryl methyl sites for hydroxylation is 1. The molecule has 1 atom stereocenters. The molecule has 2 aliphatic heterocycles. The van der Waals surface area contributed by atoms with Crippen molar-refractivity contribution in [1.82, 2.24) is 10.2 Å². The van der Waals surface area contributed by atoms with Crippen LogP contribution in [0.2, 0.25) is 0 Å². The number of hydrogen-bond donors (Lipinski definition) is 1. The van der Waals surface area contributed by atoms with E-state index in [9.17, 15) is 9.18 Å². The minimum absolute atomic E-state index is 0.152. The molecule has 1 amide bonds. The maximum Gasteiger partial charge on any atom is 0.220 e. The average Bonchev–Trinajstić information content (AvgIpc) is 3.51. The predicted octanol–water partition coefficient (Wildman–Crippen LogP) is 3.87. The highest BCUT2D eigenvalue weighted by Gasteiger charge is 2.30. The third-order valence-corrected chi connectivity index (χ3v) is 6.75. The Hall–Kier alpha value is -1.62. The summed E-state index contributed by atoms with van der Waals surface area (Å²) in [5, 5.41) is 3.11. The first-order valence-corrected chi connectivity index (χ1v) is 11.1. The van der Waals surface area contributed by atoms with Gasteiger partial charge < -0.3 is 10.2 Å². The van der Waals surface area contributed by atoms with Gasteiger partial charge in [0.1, 0.15) is 5.82 Å². The van der Waals surface area contributed by atoms with Crippen molar-refractivity contribution >= 4 is 11.6 Å². The largest absolute Gasteiger partial charge is 0.371 e. The molecule has 154 valence electrons. The van der Waals surface area contributed by atoms with E-state index in [1.54, 1.807) is 12.1 Å². The Morgan fingerprint density at radius 1 is 1.14 bits per heavy atom. The molecule has 1 aromatic carbocycles. The molecule has 0 radical (unpaired) electrons. The lowest BCUT2D eigenvalue weighted by Crippen LogP contribution is -2.48. The first-order valence-electron chi connectivity index (χ1n) is 11.1. The van der Waals surface area contributed by atoms with Crippen molar-refractivity contribution in [1.29, 1.82) is 0 Å². The number of rotatable bonds is 6. The molecule has 1 N–H and O–H groups in total. The van der Waals surface area contributed by atoms with E-state index < -0.39 is 0 Å². The van der Waals surface area contributed by atoms with Crippen LogP contribution in [0, 0.1) is 18.7 Å². The second kappa shape index (κ2) is 8.81. The molecule has 0 unspecified atom stereocenters. The van der Waals surface area contributed by atoms with Gasteiger partial charge in [-0.25, -0.2) is 4.39 Å². The van der Waals surface area contributed by atoms with Crippen LogP contribution in [-0.4, -0.2) is 49.1 Å². The Balaban J connectivity index is 1.24. The number of nitrogens with one attached hydrogen (secondary N) is 1. The zero-order valence-electron chi connectivity index (χ0n) is 17.1. The Labute approximate surface area is 168 Å². The summed E-state index contributed by atoms with van der Waals surface area (Å²) in [6.07, 6.45) is 8.92. The fraction of sp³-hybridized carbons (Fsp3) is 0.696. The van der Waals surface area contributed by atoms with Crippen molar-refractivity contribution < 1.29 is 9.18 Å². The molecule has 3 aliphatic rings. The summed E-state index contributed by atoms with van der Waals surface area (Å²) >= 11 is 0. The summed E-state index contributed by atoms with van der Waals surface area (Å²) in [7, 11) is 0. The topological polar surface area (TPSA) is 35.6 Å². The molecular weight excluding hydrogens is 353 g/mol. The van der Waals surface area contributed by atoms with Gasteiger partial charge in [-0.1, -0.05) is 0 Å². The molecular formula is C23H34FN3O. The second-order valence-corrected chi connectivity index (χ2v) is 9.03. The van der Waals surface area contributed by atoms with E-state index in [-0.39, 0.29) is 11.7 Å². The number of benzene rings is 1. The molecule has 3 fully saturated rings. The van der Waals surface area contributed by atoms with E-state index in [0.717, 1.165) is 31.6 Å². The number of piperidine rings is 2. The normalized spacial score (nSPS) is 24.4. The van der Waals surface area contributed by atoms with Gasteiger partial charge in [0.15, 0.2) is 0 Å². The van der Waals surface area contributed by atoms with Crippen molar-refractivity contribution in [2.24, 2.45) is 5.92 Å². The Morgan fingerprint density at radius 2 is 1.93 bits per heavy atom. The molecule has 0 spiro atoms. The molecule has 5 heteroatoms. The fourth-order valence-electron chi connectivity index (χ4n) is 4.97. The number of carbonyl (C=O) groups is 1. The van der Waals surface area contributed by atoms with Gasteiger partial charge in [0.2, 0.25) is 5.91 Å². The Kier molecular flexibility index (Phi) is 6.19. The standard InChI is InChI=1S/C23H34FN3O/c1-17-15-19(24)5-8-22(17)26-13-10-21(11-14-26)27-12-2-3-18(16-27)4-9-23(28)25-20-6-7-20/h5,8,15,18,20-21H,2-4,6-7,9-14,16H2,1H3,(H,25,28)/t18-/m0/s1. The quantitative estimate of drug-likeness (QED) is 0.805. The molecule has 0 aromatic heterocycles. The maximum absolute atomic E-state index is 13.4. The number of nitrogens with zero attached hydrogens (tertiary/aromatic N) is 2. The van der Waals surface area contributed by atoms with Crippen molar-refractivity contribution in [3.05, 3.63) is 29.6 Å². The van der Waals surface area contributed by atoms with E-state index in [4.69, 9.17) is 0 Å². The van der Waals surface area contributed by atoms with Crippen molar-refractivity contribution in [2.75, 3.05) is 31.1 Å². The van der Waals surface area contributed by atoms with E-state index in [1.165, 1.54) is 50.8 Å². The third-order valence-electron chi connectivity index (χ3n) is 6.75. The van der Waals surface area contributed by atoms with Crippen LogP contribution in [0.15, 0.2) is 18.2 Å². The van der Waals surface area contributed by atoms with Gasteiger partial charge in [-0.3, -0.25) is 9.69 Å². The van der Waals surface area contributed by atoms with Crippen molar-refractivity contribution in [3.63, 3.8) is 0 Å².